The molecule has 0 bridgehead atoms. The van der Waals surface area contributed by atoms with Gasteiger partial charge < -0.3 is 5.32 Å². The smallest absolute Gasteiger partial charge is 0.292 e. The lowest BCUT2D eigenvalue weighted by Gasteiger charge is -2.09. The Kier molecular flexibility index (Phi) is 6.41. The first-order valence-corrected chi connectivity index (χ1v) is 9.91. The Hall–Kier alpha value is -2.62. The summed E-state index contributed by atoms with van der Waals surface area (Å²) in [5.74, 6) is -0.815. The SMILES string of the molecule is CN1C(=O)[C@H](CC(=O)Nc2ccccc2[N+](=O)[O-])SC1=Nc1cccc(Cl)c1Cl. The number of aliphatic imine (C=N–C) groups is 1. The molecule has 3 rings (SSSR count). The fraction of sp³-hybridized carbons (Fsp3) is 0.167. The maximum Gasteiger partial charge on any atom is 0.292 e. The van der Waals surface area contributed by atoms with Gasteiger partial charge in [0.25, 0.3) is 5.69 Å². The van der Waals surface area contributed by atoms with Gasteiger partial charge in [-0.1, -0.05) is 53.2 Å². The average Bonchev–Trinajstić information content (AvgIpc) is 2.93. The van der Waals surface area contributed by atoms with Crippen molar-refractivity contribution in [2.24, 2.45) is 4.99 Å². The van der Waals surface area contributed by atoms with Crippen molar-refractivity contribution < 1.29 is 14.5 Å². The molecular formula is C18H14Cl2N4O4S. The molecule has 0 unspecified atom stereocenters. The molecule has 0 spiro atoms. The van der Waals surface area contributed by atoms with Crippen LogP contribution in [0.1, 0.15) is 6.42 Å². The molecule has 1 aliphatic rings. The van der Waals surface area contributed by atoms with Crippen LogP contribution in [0.5, 0.6) is 0 Å². The zero-order valence-electron chi connectivity index (χ0n) is 15.0. The second-order valence-corrected chi connectivity index (χ2v) is 7.95. The standard InChI is InChI=1S/C18H14Cl2N4O4S/c1-23-17(26)14(29-18(23)22-12-7-4-5-10(19)16(12)20)9-15(25)21-11-6-2-3-8-13(11)24(27)28/h2-8,14H,9H2,1H3,(H,21,25)/t14-/m0/s1. The van der Waals surface area contributed by atoms with Crippen molar-refractivity contribution in [3.63, 3.8) is 0 Å². The number of nitro benzene ring substituents is 1. The van der Waals surface area contributed by atoms with Gasteiger partial charge in [-0.15, -0.1) is 0 Å². The van der Waals surface area contributed by atoms with Gasteiger partial charge in [0, 0.05) is 19.5 Å². The van der Waals surface area contributed by atoms with E-state index in [0.717, 1.165) is 11.8 Å². The van der Waals surface area contributed by atoms with E-state index in [2.05, 4.69) is 10.3 Å². The number of thioether (sulfide) groups is 1. The van der Waals surface area contributed by atoms with Crippen molar-refractivity contribution in [1.29, 1.82) is 0 Å². The highest BCUT2D eigenvalue weighted by Gasteiger charge is 2.37. The normalized spacial score (nSPS) is 17.6. The van der Waals surface area contributed by atoms with E-state index in [4.69, 9.17) is 23.2 Å². The molecule has 11 heteroatoms. The van der Waals surface area contributed by atoms with E-state index in [1.807, 2.05) is 0 Å². The predicted octanol–water partition coefficient (Wildman–Crippen LogP) is 4.49. The molecule has 1 atom stereocenters. The summed E-state index contributed by atoms with van der Waals surface area (Å²) in [6, 6.07) is 10.8. The van der Waals surface area contributed by atoms with E-state index in [1.54, 1.807) is 31.3 Å². The lowest BCUT2D eigenvalue weighted by Crippen LogP contribution is -2.30. The zero-order chi connectivity index (χ0) is 21.1. The number of para-hydroxylation sites is 2. The molecule has 29 heavy (non-hydrogen) atoms. The van der Waals surface area contributed by atoms with Crippen LogP contribution in [0.3, 0.4) is 0 Å². The number of halogens is 2. The summed E-state index contributed by atoms with van der Waals surface area (Å²) in [6.45, 7) is 0. The minimum atomic E-state index is -0.709. The Bertz CT molecular complexity index is 1030. The van der Waals surface area contributed by atoms with Gasteiger partial charge in [0.05, 0.1) is 20.7 Å². The fourth-order valence-electron chi connectivity index (χ4n) is 2.59. The van der Waals surface area contributed by atoms with Crippen molar-refractivity contribution in [2.45, 2.75) is 11.7 Å². The molecule has 0 radical (unpaired) electrons. The summed E-state index contributed by atoms with van der Waals surface area (Å²) in [7, 11) is 1.55. The lowest BCUT2D eigenvalue weighted by molar-refractivity contribution is -0.383. The number of anilines is 1. The van der Waals surface area contributed by atoms with Gasteiger partial charge in [-0.05, 0) is 18.2 Å². The summed E-state index contributed by atoms with van der Waals surface area (Å²) in [4.78, 5) is 41.1. The van der Waals surface area contributed by atoms with Crippen molar-refractivity contribution in [3.8, 4) is 0 Å². The van der Waals surface area contributed by atoms with Crippen molar-refractivity contribution >= 4 is 69.0 Å². The van der Waals surface area contributed by atoms with E-state index in [9.17, 15) is 19.7 Å². The van der Waals surface area contributed by atoms with Crippen LogP contribution in [-0.4, -0.2) is 39.1 Å². The number of nitro groups is 1. The Morgan fingerprint density at radius 3 is 2.72 bits per heavy atom. The van der Waals surface area contributed by atoms with Crippen LogP contribution >= 0.6 is 35.0 Å². The summed E-state index contributed by atoms with van der Waals surface area (Å²) < 4.78 is 0. The van der Waals surface area contributed by atoms with Gasteiger partial charge in [-0.3, -0.25) is 24.6 Å². The van der Waals surface area contributed by atoms with Crippen LogP contribution in [0, 0.1) is 10.1 Å². The summed E-state index contributed by atoms with van der Waals surface area (Å²) >= 11 is 13.2. The third-order valence-corrected chi connectivity index (χ3v) is 6.07. The second-order valence-electron chi connectivity index (χ2n) is 6.00. The Balaban J connectivity index is 1.73. The highest BCUT2D eigenvalue weighted by molar-refractivity contribution is 8.15. The van der Waals surface area contributed by atoms with Crippen molar-refractivity contribution in [2.75, 3.05) is 12.4 Å². The Morgan fingerprint density at radius 1 is 1.28 bits per heavy atom. The van der Waals surface area contributed by atoms with Crippen molar-refractivity contribution in [1.82, 2.24) is 4.90 Å². The van der Waals surface area contributed by atoms with Gasteiger partial charge in [-0.2, -0.15) is 0 Å². The maximum atomic E-state index is 12.5. The molecule has 2 aromatic rings. The Morgan fingerprint density at radius 2 is 2.00 bits per heavy atom. The molecule has 0 saturated carbocycles. The van der Waals surface area contributed by atoms with Gasteiger partial charge in [0.1, 0.15) is 10.9 Å². The van der Waals surface area contributed by atoms with Crippen LogP contribution in [-0.2, 0) is 9.59 Å². The first-order valence-electron chi connectivity index (χ1n) is 8.28. The number of amidine groups is 1. The number of nitrogens with zero attached hydrogens (tertiary/aromatic N) is 3. The number of carbonyl (C=O) groups is 2. The molecule has 1 fully saturated rings. The van der Waals surface area contributed by atoms with E-state index in [0.29, 0.717) is 15.9 Å². The number of carbonyl (C=O) groups excluding carboxylic acids is 2. The average molecular weight is 453 g/mol. The summed E-state index contributed by atoms with van der Waals surface area (Å²) in [5, 5.41) is 13.8. The van der Waals surface area contributed by atoms with E-state index in [1.165, 1.54) is 23.1 Å². The zero-order valence-corrected chi connectivity index (χ0v) is 17.3. The number of rotatable bonds is 5. The second kappa shape index (κ2) is 8.81. The summed E-state index contributed by atoms with van der Waals surface area (Å²) in [6.07, 6.45) is -0.164. The molecule has 8 nitrogen and oxygen atoms in total. The molecular weight excluding hydrogens is 439 g/mol. The molecule has 2 amide bonds. The van der Waals surface area contributed by atoms with Crippen LogP contribution in [0.4, 0.5) is 17.1 Å². The van der Waals surface area contributed by atoms with E-state index >= 15 is 0 Å². The molecule has 0 aliphatic carbocycles. The van der Waals surface area contributed by atoms with Crippen LogP contribution < -0.4 is 5.32 Å². The first-order chi connectivity index (χ1) is 13.8. The summed E-state index contributed by atoms with van der Waals surface area (Å²) in [5.41, 5.74) is 0.262. The highest BCUT2D eigenvalue weighted by atomic mass is 35.5. The molecule has 1 heterocycles. The number of benzene rings is 2. The van der Waals surface area contributed by atoms with Crippen LogP contribution in [0.15, 0.2) is 47.5 Å². The quantitative estimate of drug-likeness (QED) is 0.531. The molecule has 150 valence electrons. The molecule has 1 saturated heterocycles. The van der Waals surface area contributed by atoms with Gasteiger partial charge in [0.2, 0.25) is 11.8 Å². The lowest BCUT2D eigenvalue weighted by atomic mass is 10.2. The number of hydrogen-bond donors (Lipinski definition) is 1. The highest BCUT2D eigenvalue weighted by Crippen LogP contribution is 2.36. The van der Waals surface area contributed by atoms with E-state index in [-0.39, 0.29) is 28.7 Å². The topological polar surface area (TPSA) is 105 Å². The number of amides is 2. The molecule has 0 aromatic heterocycles. The molecule has 1 N–H and O–H groups in total. The van der Waals surface area contributed by atoms with Gasteiger partial charge in [0.15, 0.2) is 5.17 Å². The predicted molar refractivity (Wildman–Crippen MR) is 114 cm³/mol. The molecule has 2 aromatic carbocycles. The monoisotopic (exact) mass is 452 g/mol. The Labute approximate surface area is 180 Å². The van der Waals surface area contributed by atoms with Crippen LogP contribution in [0.25, 0.3) is 0 Å². The number of nitrogens with one attached hydrogen (secondary N) is 1. The number of hydrogen-bond acceptors (Lipinski definition) is 6. The third-order valence-electron chi connectivity index (χ3n) is 4.03. The third kappa shape index (κ3) is 4.69. The van der Waals surface area contributed by atoms with Crippen molar-refractivity contribution in [3.05, 3.63) is 62.6 Å². The minimum absolute atomic E-state index is 0.0749. The van der Waals surface area contributed by atoms with Gasteiger partial charge in [-0.25, -0.2) is 4.99 Å². The fourth-order valence-corrected chi connectivity index (χ4v) is 4.07. The first kappa shape index (κ1) is 21.1. The molecule has 1 aliphatic heterocycles. The van der Waals surface area contributed by atoms with E-state index < -0.39 is 16.1 Å². The van der Waals surface area contributed by atoms with Gasteiger partial charge >= 0.3 is 0 Å². The minimum Gasteiger partial charge on any atom is -0.320 e. The maximum absolute atomic E-state index is 12.5. The van der Waals surface area contributed by atoms with Crippen LogP contribution in [0.2, 0.25) is 10.0 Å². The largest absolute Gasteiger partial charge is 0.320 e.